The lowest BCUT2D eigenvalue weighted by atomic mass is 9.96. The van der Waals surface area contributed by atoms with Crippen molar-refractivity contribution in [2.45, 2.75) is 12.8 Å². The molecule has 1 aliphatic rings. The van der Waals surface area contributed by atoms with Crippen molar-refractivity contribution >= 4 is 22.0 Å². The topological polar surface area (TPSA) is 4.36 Å². The number of hydrogen-bond acceptors (Lipinski definition) is 0. The first-order valence-corrected chi connectivity index (χ1v) is 4.95. The van der Waals surface area contributed by atoms with E-state index in [0.29, 0.717) is 0 Å². The van der Waals surface area contributed by atoms with Crippen molar-refractivity contribution in [2.24, 2.45) is 0 Å². The highest BCUT2D eigenvalue weighted by Gasteiger charge is 2.09. The van der Waals surface area contributed by atoms with Crippen LogP contribution in [0, 0.1) is 6.57 Å². The predicted octanol–water partition coefficient (Wildman–Crippen LogP) is 3.66. The molecule has 0 amide bonds. The van der Waals surface area contributed by atoms with Gasteiger partial charge in [0.05, 0.1) is 6.57 Å². The minimum absolute atomic E-state index is 0.870. The zero-order valence-corrected chi connectivity index (χ0v) is 8.63. The summed E-state index contributed by atoms with van der Waals surface area (Å²) in [7, 11) is 0. The van der Waals surface area contributed by atoms with Gasteiger partial charge in [-0.3, -0.25) is 0 Å². The van der Waals surface area contributed by atoms with Gasteiger partial charge in [0.15, 0.2) is 5.70 Å². The van der Waals surface area contributed by atoms with Gasteiger partial charge in [-0.2, -0.15) is 0 Å². The van der Waals surface area contributed by atoms with Crippen LogP contribution in [0.5, 0.6) is 0 Å². The summed E-state index contributed by atoms with van der Waals surface area (Å²) in [6.45, 7) is 6.93. The molecule has 0 aliphatic heterocycles. The Labute approximate surface area is 86.0 Å². The molecule has 0 spiro atoms. The lowest BCUT2D eigenvalue weighted by Crippen LogP contribution is -1.96. The summed E-state index contributed by atoms with van der Waals surface area (Å²) < 4.78 is 1.12. The van der Waals surface area contributed by atoms with Gasteiger partial charge in [0.1, 0.15) is 0 Å². The van der Waals surface area contributed by atoms with Crippen molar-refractivity contribution in [3.63, 3.8) is 0 Å². The van der Waals surface area contributed by atoms with E-state index in [-0.39, 0.29) is 0 Å². The monoisotopic (exact) mass is 233 g/mol. The van der Waals surface area contributed by atoms with Gasteiger partial charge in [-0.25, -0.2) is 4.85 Å². The molecule has 0 unspecified atom stereocenters. The van der Waals surface area contributed by atoms with Crippen LogP contribution in [0.25, 0.3) is 10.9 Å². The second-order valence-electron chi connectivity index (χ2n) is 3.09. The number of aryl methyl sites for hydroxylation is 1. The first-order chi connectivity index (χ1) is 6.29. The third-order valence-corrected chi connectivity index (χ3v) is 2.71. The molecular weight excluding hydrogens is 226 g/mol. The van der Waals surface area contributed by atoms with Crippen molar-refractivity contribution in [1.29, 1.82) is 0 Å². The van der Waals surface area contributed by atoms with Crippen molar-refractivity contribution in [1.82, 2.24) is 0 Å². The fraction of sp³-hybridized carbons (Fsp3) is 0.182. The van der Waals surface area contributed by atoms with Crippen molar-refractivity contribution < 1.29 is 0 Å². The highest BCUT2D eigenvalue weighted by molar-refractivity contribution is 9.10. The summed E-state index contributed by atoms with van der Waals surface area (Å²) in [5.74, 6) is 0. The second-order valence-corrected chi connectivity index (χ2v) is 4.01. The quantitative estimate of drug-likeness (QED) is 0.603. The summed E-state index contributed by atoms with van der Waals surface area (Å²) >= 11 is 3.44. The third-order valence-electron chi connectivity index (χ3n) is 2.22. The molecule has 0 aromatic heterocycles. The summed E-state index contributed by atoms with van der Waals surface area (Å²) in [5, 5.41) is 0. The zero-order valence-electron chi connectivity index (χ0n) is 7.05. The van der Waals surface area contributed by atoms with E-state index in [1.54, 1.807) is 0 Å². The van der Waals surface area contributed by atoms with E-state index in [9.17, 15) is 0 Å². The lowest BCUT2D eigenvalue weighted by molar-refractivity contribution is 0.948. The van der Waals surface area contributed by atoms with Crippen LogP contribution in [0.2, 0.25) is 0 Å². The lowest BCUT2D eigenvalue weighted by Gasteiger charge is -2.12. The molecule has 1 nitrogen and oxygen atoms in total. The van der Waals surface area contributed by atoms with Crippen molar-refractivity contribution in [3.05, 3.63) is 50.9 Å². The van der Waals surface area contributed by atoms with E-state index in [2.05, 4.69) is 32.9 Å². The van der Waals surface area contributed by atoms with Gasteiger partial charge in [-0.15, -0.1) is 0 Å². The number of halogens is 1. The molecule has 0 fully saturated rings. The fourth-order valence-electron chi connectivity index (χ4n) is 1.53. The highest BCUT2D eigenvalue weighted by Crippen LogP contribution is 2.26. The number of rotatable bonds is 0. The number of hydrogen-bond donors (Lipinski definition) is 0. The Morgan fingerprint density at radius 2 is 2.15 bits per heavy atom. The molecule has 0 heterocycles. The van der Waals surface area contributed by atoms with Crippen LogP contribution in [0.1, 0.15) is 17.5 Å². The van der Waals surface area contributed by atoms with Gasteiger partial charge in [-0.1, -0.05) is 28.1 Å². The van der Waals surface area contributed by atoms with Crippen LogP contribution < -0.4 is 0 Å². The summed E-state index contributed by atoms with van der Waals surface area (Å²) in [6, 6.07) is 6.21. The maximum Gasteiger partial charge on any atom is 0.166 e. The van der Waals surface area contributed by atoms with Gasteiger partial charge >= 0.3 is 0 Å². The predicted molar refractivity (Wildman–Crippen MR) is 57.0 cm³/mol. The van der Waals surface area contributed by atoms with E-state index >= 15 is 0 Å². The molecule has 0 atom stereocenters. The smallest absolute Gasteiger partial charge is 0.166 e. The molecule has 0 saturated heterocycles. The zero-order chi connectivity index (χ0) is 9.26. The van der Waals surface area contributed by atoms with Gasteiger partial charge in [-0.05, 0) is 36.1 Å². The van der Waals surface area contributed by atoms with Gasteiger partial charge in [0.2, 0.25) is 0 Å². The molecule has 13 heavy (non-hydrogen) atoms. The Balaban J connectivity index is 2.50. The molecule has 64 valence electrons. The molecule has 0 radical (unpaired) electrons. The molecular formula is C11H8BrN. The normalized spacial score (nSPS) is 14.3. The molecule has 1 aliphatic carbocycles. The second kappa shape index (κ2) is 3.35. The Morgan fingerprint density at radius 3 is 2.92 bits per heavy atom. The van der Waals surface area contributed by atoms with E-state index in [1.165, 1.54) is 11.1 Å². The fourth-order valence-corrected chi connectivity index (χ4v) is 1.94. The van der Waals surface area contributed by atoms with E-state index < -0.39 is 0 Å². The van der Waals surface area contributed by atoms with Crippen molar-refractivity contribution in [2.75, 3.05) is 0 Å². The van der Waals surface area contributed by atoms with Crippen molar-refractivity contribution in [3.8, 4) is 0 Å². The molecule has 0 saturated carbocycles. The number of allylic oxidation sites excluding steroid dienone is 1. The maximum absolute atomic E-state index is 6.93. The van der Waals surface area contributed by atoms with E-state index in [1.807, 2.05) is 12.1 Å². The minimum atomic E-state index is 0.870. The van der Waals surface area contributed by atoms with Crippen LogP contribution in [0.15, 0.2) is 28.4 Å². The summed E-state index contributed by atoms with van der Waals surface area (Å²) in [5.41, 5.74) is 3.40. The minimum Gasteiger partial charge on any atom is -0.243 e. The van der Waals surface area contributed by atoms with Crippen LogP contribution in [-0.4, -0.2) is 0 Å². The van der Waals surface area contributed by atoms with E-state index in [0.717, 1.165) is 23.0 Å². The van der Waals surface area contributed by atoms with E-state index in [4.69, 9.17) is 6.57 Å². The Hall–Kier alpha value is -1.07. The Morgan fingerprint density at radius 1 is 1.31 bits per heavy atom. The molecule has 1 aromatic rings. The standard InChI is InChI=1S/C11H8BrN/c1-13-11-5-3-8-6-10(12)4-2-9(8)7-11/h2,4,6-7H,3,5H2. The number of fused-ring (bicyclic) bond motifs is 1. The Kier molecular flexibility index (Phi) is 2.20. The van der Waals surface area contributed by atoms with Crippen LogP contribution >= 0.6 is 15.9 Å². The first kappa shape index (κ1) is 8.52. The summed E-state index contributed by atoms with van der Waals surface area (Å²) in [4.78, 5) is 3.47. The average molecular weight is 234 g/mol. The summed E-state index contributed by atoms with van der Waals surface area (Å²) in [6.07, 6.45) is 3.86. The third kappa shape index (κ3) is 1.66. The molecule has 1 aromatic carbocycles. The van der Waals surface area contributed by atoms with Gasteiger partial charge in [0, 0.05) is 4.47 Å². The number of benzene rings is 1. The van der Waals surface area contributed by atoms with Gasteiger partial charge < -0.3 is 0 Å². The molecule has 0 bridgehead atoms. The molecule has 2 rings (SSSR count). The number of nitrogens with zero attached hydrogens (tertiary/aromatic N) is 1. The Bertz CT molecular complexity index is 413. The van der Waals surface area contributed by atoms with Crippen LogP contribution in [0.4, 0.5) is 0 Å². The van der Waals surface area contributed by atoms with Gasteiger partial charge in [0.25, 0.3) is 0 Å². The molecule has 0 N–H and O–H groups in total. The van der Waals surface area contributed by atoms with Crippen LogP contribution in [0.3, 0.4) is 0 Å². The largest absolute Gasteiger partial charge is 0.243 e. The highest BCUT2D eigenvalue weighted by atomic mass is 79.9. The van der Waals surface area contributed by atoms with Crippen LogP contribution in [-0.2, 0) is 6.42 Å². The molecule has 2 heteroatoms. The average Bonchev–Trinajstić information content (AvgIpc) is 2.17. The SMILES string of the molecule is [C-]#[N+]C1=Cc2ccc(Br)cc2CC1. The maximum atomic E-state index is 6.93. The first-order valence-electron chi connectivity index (χ1n) is 4.16.